The molecule has 26 heavy (non-hydrogen) atoms. The molecule has 1 fully saturated rings. The number of hydrogen-bond donors (Lipinski definition) is 0. The number of carbonyl (C=O) groups is 2. The monoisotopic (exact) mass is 372 g/mol. The number of rotatable bonds is 4. The fourth-order valence-electron chi connectivity index (χ4n) is 3.12. The van der Waals surface area contributed by atoms with Gasteiger partial charge >= 0.3 is 0 Å². The average molecular weight is 372 g/mol. The first-order chi connectivity index (χ1) is 12.4. The van der Waals surface area contributed by atoms with E-state index in [-0.39, 0.29) is 11.8 Å². The maximum atomic E-state index is 12.2. The summed E-state index contributed by atoms with van der Waals surface area (Å²) in [4.78, 5) is 34.1. The van der Waals surface area contributed by atoms with E-state index < -0.39 is 0 Å². The van der Waals surface area contributed by atoms with Crippen LogP contribution in [0, 0.1) is 6.92 Å². The molecular weight excluding hydrogens is 348 g/mol. The van der Waals surface area contributed by atoms with Gasteiger partial charge in [0.2, 0.25) is 11.8 Å². The Morgan fingerprint density at radius 2 is 1.92 bits per heavy atom. The van der Waals surface area contributed by atoms with Crippen LogP contribution in [0.1, 0.15) is 25.1 Å². The highest BCUT2D eigenvalue weighted by Gasteiger charge is 2.21. The molecule has 0 atom stereocenters. The van der Waals surface area contributed by atoms with Crippen LogP contribution < -0.4 is 4.90 Å². The summed E-state index contributed by atoms with van der Waals surface area (Å²) >= 11 is 1.48. The minimum atomic E-state index is -0.0495. The second-order valence-corrected chi connectivity index (χ2v) is 7.43. The molecule has 1 aromatic heterocycles. The number of carbonyl (C=O) groups excluding carboxylic acids is 2. The molecule has 1 saturated heterocycles. The Morgan fingerprint density at radius 1 is 1.19 bits per heavy atom. The van der Waals surface area contributed by atoms with Gasteiger partial charge in [0, 0.05) is 52.0 Å². The van der Waals surface area contributed by atoms with Crippen molar-refractivity contribution in [2.24, 2.45) is 0 Å². The van der Waals surface area contributed by atoms with Crippen molar-refractivity contribution in [1.82, 2.24) is 14.8 Å². The molecule has 2 amide bonds. The van der Waals surface area contributed by atoms with Crippen LogP contribution in [0.2, 0.25) is 0 Å². The zero-order chi connectivity index (χ0) is 18.7. The van der Waals surface area contributed by atoms with Gasteiger partial charge in [-0.2, -0.15) is 0 Å². The fraction of sp³-hybridized carbons (Fsp3) is 0.421. The van der Waals surface area contributed by atoms with E-state index in [1.807, 2.05) is 41.5 Å². The van der Waals surface area contributed by atoms with Crippen molar-refractivity contribution in [2.45, 2.75) is 27.3 Å². The van der Waals surface area contributed by atoms with Crippen LogP contribution in [0.25, 0.3) is 0 Å². The van der Waals surface area contributed by atoms with Gasteiger partial charge in [-0.3, -0.25) is 19.4 Å². The smallest absolute Gasteiger partial charge is 0.230 e. The van der Waals surface area contributed by atoms with Crippen molar-refractivity contribution in [2.75, 3.05) is 31.1 Å². The second kappa shape index (κ2) is 7.97. The zero-order valence-corrected chi connectivity index (χ0v) is 16.3. The lowest BCUT2D eigenvalue weighted by Gasteiger charge is -2.33. The molecule has 0 unspecified atom stereocenters. The summed E-state index contributed by atoms with van der Waals surface area (Å²) in [5.74, 6) is 0.0856. The van der Waals surface area contributed by atoms with Crippen LogP contribution >= 0.6 is 11.3 Å². The Bertz CT molecular complexity index is 796. The molecule has 3 rings (SSSR count). The van der Waals surface area contributed by atoms with Crippen LogP contribution in [0.5, 0.6) is 0 Å². The second-order valence-electron chi connectivity index (χ2n) is 6.60. The molecule has 0 spiro atoms. The first-order valence-electron chi connectivity index (χ1n) is 8.73. The van der Waals surface area contributed by atoms with E-state index in [2.05, 4.69) is 9.88 Å². The highest BCUT2D eigenvalue weighted by atomic mass is 32.1. The van der Waals surface area contributed by atoms with E-state index in [4.69, 9.17) is 0 Å². The first-order valence-corrected chi connectivity index (χ1v) is 9.61. The van der Waals surface area contributed by atoms with Crippen molar-refractivity contribution >= 4 is 34.0 Å². The number of hydrogen-bond acceptors (Lipinski definition) is 5. The Hall–Kier alpha value is -2.25. The number of piperazine rings is 1. The Morgan fingerprint density at radius 3 is 2.54 bits per heavy atom. The van der Waals surface area contributed by atoms with Gasteiger partial charge in [-0.05, 0) is 24.6 Å². The van der Waals surface area contributed by atoms with Gasteiger partial charge in [0.1, 0.15) is 0 Å². The Kier molecular flexibility index (Phi) is 5.68. The number of thiazole rings is 1. The lowest BCUT2D eigenvalue weighted by atomic mass is 10.2. The van der Waals surface area contributed by atoms with Gasteiger partial charge in [0.25, 0.3) is 0 Å². The molecule has 0 aliphatic carbocycles. The topological polar surface area (TPSA) is 56.8 Å². The van der Waals surface area contributed by atoms with Gasteiger partial charge in [-0.15, -0.1) is 11.3 Å². The van der Waals surface area contributed by atoms with Crippen molar-refractivity contribution < 1.29 is 9.59 Å². The standard InChI is InChI=1S/C19H24N4O2S/c1-14-5-4-6-18(11-14)23(16(3)25)19-20-17(13-26-19)12-21-7-9-22(10-8-21)15(2)24/h4-6,11,13H,7-10,12H2,1-3H3. The van der Waals surface area contributed by atoms with E-state index in [9.17, 15) is 9.59 Å². The average Bonchev–Trinajstić information content (AvgIpc) is 3.03. The van der Waals surface area contributed by atoms with Crippen LogP contribution in [0.3, 0.4) is 0 Å². The Balaban J connectivity index is 1.70. The lowest BCUT2D eigenvalue weighted by molar-refractivity contribution is -0.130. The number of amides is 2. The van der Waals surface area contributed by atoms with Crippen LogP contribution in [-0.2, 0) is 16.1 Å². The summed E-state index contributed by atoms with van der Waals surface area (Å²) in [7, 11) is 0. The summed E-state index contributed by atoms with van der Waals surface area (Å²) in [6.45, 7) is 9.14. The van der Waals surface area contributed by atoms with Crippen LogP contribution in [-0.4, -0.2) is 52.8 Å². The van der Waals surface area contributed by atoms with E-state index >= 15 is 0 Å². The van der Waals surface area contributed by atoms with E-state index in [0.717, 1.165) is 49.7 Å². The largest absolute Gasteiger partial charge is 0.340 e. The normalized spacial score (nSPS) is 15.1. The minimum absolute atomic E-state index is 0.0495. The van der Waals surface area contributed by atoms with Gasteiger partial charge < -0.3 is 4.90 Å². The van der Waals surface area contributed by atoms with Crippen molar-refractivity contribution in [1.29, 1.82) is 0 Å². The molecule has 0 N–H and O–H groups in total. The summed E-state index contributed by atoms with van der Waals surface area (Å²) in [5, 5.41) is 2.71. The molecule has 138 valence electrons. The molecule has 2 heterocycles. The summed E-state index contributed by atoms with van der Waals surface area (Å²) in [5.41, 5.74) is 2.91. The summed E-state index contributed by atoms with van der Waals surface area (Å²) in [6.07, 6.45) is 0. The number of anilines is 2. The van der Waals surface area contributed by atoms with Gasteiger partial charge in [-0.1, -0.05) is 12.1 Å². The minimum Gasteiger partial charge on any atom is -0.340 e. The maximum absolute atomic E-state index is 12.2. The molecule has 1 aromatic carbocycles. The van der Waals surface area contributed by atoms with Gasteiger partial charge in [0.05, 0.1) is 11.4 Å². The van der Waals surface area contributed by atoms with Crippen molar-refractivity contribution in [3.05, 3.63) is 40.9 Å². The molecule has 2 aromatic rings. The van der Waals surface area contributed by atoms with E-state index in [0.29, 0.717) is 5.13 Å². The highest BCUT2D eigenvalue weighted by Crippen LogP contribution is 2.29. The van der Waals surface area contributed by atoms with Crippen LogP contribution in [0.15, 0.2) is 29.6 Å². The third-order valence-corrected chi connectivity index (χ3v) is 5.38. The van der Waals surface area contributed by atoms with Gasteiger partial charge in [0.15, 0.2) is 5.13 Å². The fourth-order valence-corrected chi connectivity index (χ4v) is 3.99. The van der Waals surface area contributed by atoms with Crippen molar-refractivity contribution in [3.63, 3.8) is 0 Å². The maximum Gasteiger partial charge on any atom is 0.230 e. The lowest BCUT2D eigenvalue weighted by Crippen LogP contribution is -2.47. The SMILES string of the molecule is CC(=O)N1CCN(Cc2csc(N(C(C)=O)c3cccc(C)c3)n2)CC1. The van der Waals surface area contributed by atoms with Gasteiger partial charge in [-0.25, -0.2) is 4.98 Å². The predicted molar refractivity (Wildman–Crippen MR) is 104 cm³/mol. The molecule has 0 saturated carbocycles. The van der Waals surface area contributed by atoms with Crippen molar-refractivity contribution in [3.8, 4) is 0 Å². The third kappa shape index (κ3) is 4.28. The molecule has 1 aliphatic rings. The first kappa shape index (κ1) is 18.5. The van der Waals surface area contributed by atoms with E-state index in [1.165, 1.54) is 11.3 Å². The van der Waals surface area contributed by atoms with E-state index in [1.54, 1.807) is 18.7 Å². The molecule has 0 bridgehead atoms. The molecule has 7 heteroatoms. The zero-order valence-electron chi connectivity index (χ0n) is 15.4. The predicted octanol–water partition coefficient (Wildman–Crippen LogP) is 2.80. The molecule has 1 aliphatic heterocycles. The highest BCUT2D eigenvalue weighted by molar-refractivity contribution is 7.14. The third-order valence-electron chi connectivity index (χ3n) is 4.51. The summed E-state index contributed by atoms with van der Waals surface area (Å²) in [6, 6.07) is 7.87. The molecule has 6 nitrogen and oxygen atoms in total. The number of aromatic nitrogens is 1. The van der Waals surface area contributed by atoms with Crippen LogP contribution in [0.4, 0.5) is 10.8 Å². The number of benzene rings is 1. The quantitative estimate of drug-likeness (QED) is 0.828. The summed E-state index contributed by atoms with van der Waals surface area (Å²) < 4.78 is 0. The Labute approximate surface area is 158 Å². The number of nitrogens with zero attached hydrogens (tertiary/aromatic N) is 4. The molecular formula is C19H24N4O2S. The number of aryl methyl sites for hydroxylation is 1. The molecule has 0 radical (unpaired) electrons.